The number of rotatable bonds is 6. The van der Waals surface area contributed by atoms with Gasteiger partial charge >= 0.3 is 0 Å². The van der Waals surface area contributed by atoms with Crippen LogP contribution in [0.1, 0.15) is 15.5 Å². The quantitative estimate of drug-likeness (QED) is 0.471. The number of furan rings is 1. The van der Waals surface area contributed by atoms with Crippen LogP contribution in [0.25, 0.3) is 10.9 Å². The molecule has 0 aliphatic rings. The Morgan fingerprint density at radius 1 is 1.11 bits per heavy atom. The van der Waals surface area contributed by atoms with E-state index < -0.39 is 9.84 Å². The molecular formula is C20H19N3O3S2. The van der Waals surface area contributed by atoms with E-state index in [0.717, 1.165) is 5.76 Å². The Labute approximate surface area is 167 Å². The van der Waals surface area contributed by atoms with Crippen LogP contribution >= 0.6 is 11.3 Å². The highest BCUT2D eigenvalue weighted by Gasteiger charge is 2.18. The van der Waals surface area contributed by atoms with E-state index in [4.69, 9.17) is 4.42 Å². The zero-order chi connectivity index (χ0) is 19.7. The van der Waals surface area contributed by atoms with Crippen molar-refractivity contribution in [1.82, 2.24) is 9.97 Å². The van der Waals surface area contributed by atoms with Crippen LogP contribution < -0.4 is 4.90 Å². The van der Waals surface area contributed by atoms with Crippen LogP contribution in [-0.4, -0.2) is 24.6 Å². The summed E-state index contributed by atoms with van der Waals surface area (Å²) in [4.78, 5) is 13.6. The number of nitrogens with zero attached hydrogens (tertiary/aromatic N) is 3. The van der Waals surface area contributed by atoms with E-state index in [2.05, 4.69) is 33.9 Å². The summed E-state index contributed by atoms with van der Waals surface area (Å²) in [6.45, 7) is 3.22. The van der Waals surface area contributed by atoms with Crippen LogP contribution in [0.5, 0.6) is 0 Å². The first-order valence-corrected chi connectivity index (χ1v) is 11.4. The van der Waals surface area contributed by atoms with E-state index in [0.29, 0.717) is 29.8 Å². The maximum Gasteiger partial charge on any atom is 0.175 e. The van der Waals surface area contributed by atoms with Crippen molar-refractivity contribution in [3.8, 4) is 0 Å². The lowest BCUT2D eigenvalue weighted by Crippen LogP contribution is -2.23. The molecule has 0 radical (unpaired) electrons. The molecule has 8 heteroatoms. The minimum Gasteiger partial charge on any atom is -0.467 e. The Balaban J connectivity index is 1.83. The van der Waals surface area contributed by atoms with E-state index in [1.165, 1.54) is 22.3 Å². The third-order valence-electron chi connectivity index (χ3n) is 4.38. The molecule has 144 valence electrons. The summed E-state index contributed by atoms with van der Waals surface area (Å²) < 4.78 is 29.6. The number of fused-ring (bicyclic) bond motifs is 1. The molecule has 3 aromatic heterocycles. The van der Waals surface area contributed by atoms with Gasteiger partial charge in [-0.25, -0.2) is 18.4 Å². The van der Waals surface area contributed by atoms with Crippen LogP contribution in [0.4, 0.5) is 5.82 Å². The molecule has 0 unspecified atom stereocenters. The Kier molecular flexibility index (Phi) is 4.91. The summed E-state index contributed by atoms with van der Waals surface area (Å²) in [5, 5.41) is 0.699. The number of benzene rings is 1. The molecule has 1 aromatic carbocycles. The summed E-state index contributed by atoms with van der Waals surface area (Å²) in [7, 11) is -3.33. The van der Waals surface area contributed by atoms with Gasteiger partial charge in [0.05, 0.1) is 29.8 Å². The van der Waals surface area contributed by atoms with Crippen molar-refractivity contribution in [3.05, 3.63) is 70.6 Å². The third kappa shape index (κ3) is 3.93. The van der Waals surface area contributed by atoms with Gasteiger partial charge in [0.2, 0.25) is 0 Å². The standard InChI is InChI=1S/C20H19N3O3S2/c1-14-5-6-16(27-14)12-23(11-15-4-3-9-26-15)20-18-10-17(28(2,24)25)7-8-19(18)21-13-22-20/h3-10,13H,11-12H2,1-2H3. The SMILES string of the molecule is Cc1ccc(CN(Cc2ccco2)c2ncnc3ccc(S(C)(=O)=O)cc23)s1. The predicted octanol–water partition coefficient (Wildman–Crippen LogP) is 4.20. The Morgan fingerprint density at radius 2 is 1.96 bits per heavy atom. The van der Waals surface area contributed by atoms with Crippen molar-refractivity contribution in [2.45, 2.75) is 24.9 Å². The summed E-state index contributed by atoms with van der Waals surface area (Å²) in [5.41, 5.74) is 0.698. The van der Waals surface area contributed by atoms with Gasteiger partial charge < -0.3 is 9.32 Å². The molecule has 6 nitrogen and oxygen atoms in total. The molecule has 0 aliphatic carbocycles. The Morgan fingerprint density at radius 3 is 2.64 bits per heavy atom. The van der Waals surface area contributed by atoms with Gasteiger partial charge in [0.25, 0.3) is 0 Å². The highest BCUT2D eigenvalue weighted by atomic mass is 32.2. The van der Waals surface area contributed by atoms with Gasteiger partial charge in [-0.05, 0) is 49.4 Å². The highest BCUT2D eigenvalue weighted by Crippen LogP contribution is 2.29. The van der Waals surface area contributed by atoms with Crippen LogP contribution in [0, 0.1) is 6.92 Å². The fourth-order valence-corrected chi connectivity index (χ4v) is 4.61. The maximum absolute atomic E-state index is 12.0. The number of aryl methyl sites for hydroxylation is 1. The topological polar surface area (TPSA) is 76.3 Å². The molecule has 0 aliphatic heterocycles. The molecule has 0 N–H and O–H groups in total. The molecule has 0 saturated carbocycles. The average molecular weight is 414 g/mol. The van der Waals surface area contributed by atoms with Crippen LogP contribution in [0.15, 0.2) is 64.4 Å². The van der Waals surface area contributed by atoms with E-state index in [-0.39, 0.29) is 4.90 Å². The molecule has 28 heavy (non-hydrogen) atoms. The minimum atomic E-state index is -3.33. The Bertz CT molecular complexity index is 1210. The summed E-state index contributed by atoms with van der Waals surface area (Å²) in [6, 6.07) is 12.9. The molecule has 0 spiro atoms. The normalized spacial score (nSPS) is 11.8. The van der Waals surface area contributed by atoms with Crippen LogP contribution in [0.3, 0.4) is 0 Å². The van der Waals surface area contributed by atoms with Gasteiger partial charge in [0.1, 0.15) is 17.9 Å². The van der Waals surface area contributed by atoms with Gasteiger partial charge in [0.15, 0.2) is 9.84 Å². The largest absolute Gasteiger partial charge is 0.467 e. The third-order valence-corrected chi connectivity index (χ3v) is 6.48. The molecule has 0 bridgehead atoms. The fraction of sp³-hybridized carbons (Fsp3) is 0.200. The first-order chi connectivity index (χ1) is 13.4. The fourth-order valence-electron chi connectivity index (χ4n) is 3.06. The predicted molar refractivity (Wildman–Crippen MR) is 110 cm³/mol. The van der Waals surface area contributed by atoms with Gasteiger partial charge in [0, 0.05) is 21.4 Å². The van der Waals surface area contributed by atoms with E-state index >= 15 is 0 Å². The van der Waals surface area contributed by atoms with Gasteiger partial charge in [-0.3, -0.25) is 0 Å². The van der Waals surface area contributed by atoms with Crippen molar-refractivity contribution in [1.29, 1.82) is 0 Å². The highest BCUT2D eigenvalue weighted by molar-refractivity contribution is 7.90. The molecule has 0 amide bonds. The van der Waals surface area contributed by atoms with Gasteiger partial charge in [-0.15, -0.1) is 11.3 Å². The lowest BCUT2D eigenvalue weighted by atomic mass is 10.2. The summed E-state index contributed by atoms with van der Waals surface area (Å²) in [5.74, 6) is 1.48. The second kappa shape index (κ2) is 7.37. The molecule has 0 saturated heterocycles. The molecular weight excluding hydrogens is 394 g/mol. The van der Waals surface area contributed by atoms with Crippen LogP contribution in [0.2, 0.25) is 0 Å². The number of hydrogen-bond donors (Lipinski definition) is 0. The van der Waals surface area contributed by atoms with Gasteiger partial charge in [-0.2, -0.15) is 0 Å². The van der Waals surface area contributed by atoms with Gasteiger partial charge in [-0.1, -0.05) is 0 Å². The van der Waals surface area contributed by atoms with Crippen molar-refractivity contribution < 1.29 is 12.8 Å². The lowest BCUT2D eigenvalue weighted by Gasteiger charge is -2.23. The summed E-state index contributed by atoms with van der Waals surface area (Å²) >= 11 is 1.72. The molecule has 0 fully saturated rings. The number of hydrogen-bond acceptors (Lipinski definition) is 7. The Hall–Kier alpha value is -2.71. The molecule has 4 rings (SSSR count). The zero-order valence-electron chi connectivity index (χ0n) is 15.5. The van der Waals surface area contributed by atoms with Crippen molar-refractivity contribution >= 4 is 37.9 Å². The minimum absolute atomic E-state index is 0.251. The average Bonchev–Trinajstić information content (AvgIpc) is 3.31. The van der Waals surface area contributed by atoms with Crippen molar-refractivity contribution in [2.75, 3.05) is 11.2 Å². The second-order valence-corrected chi connectivity index (χ2v) is 9.98. The number of anilines is 1. The number of aromatic nitrogens is 2. The summed E-state index contributed by atoms with van der Waals surface area (Å²) in [6.07, 6.45) is 4.35. The number of sulfone groups is 1. The van der Waals surface area contributed by atoms with E-state index in [1.54, 1.807) is 35.8 Å². The first-order valence-electron chi connectivity index (χ1n) is 8.67. The molecule has 0 atom stereocenters. The lowest BCUT2D eigenvalue weighted by molar-refractivity contribution is 0.501. The molecule has 3 heterocycles. The zero-order valence-corrected chi connectivity index (χ0v) is 17.1. The van der Waals surface area contributed by atoms with Crippen molar-refractivity contribution in [2.24, 2.45) is 0 Å². The molecule has 4 aromatic rings. The van der Waals surface area contributed by atoms with Crippen molar-refractivity contribution in [3.63, 3.8) is 0 Å². The monoisotopic (exact) mass is 413 g/mol. The van der Waals surface area contributed by atoms with Crippen LogP contribution in [-0.2, 0) is 22.9 Å². The number of thiophene rings is 1. The second-order valence-electron chi connectivity index (χ2n) is 6.60. The first kappa shape index (κ1) is 18.6. The smallest absolute Gasteiger partial charge is 0.175 e. The maximum atomic E-state index is 12.0. The van der Waals surface area contributed by atoms with E-state index in [1.807, 2.05) is 12.1 Å². The van der Waals surface area contributed by atoms with E-state index in [9.17, 15) is 8.42 Å².